The molecule has 0 saturated carbocycles. The van der Waals surface area contributed by atoms with Gasteiger partial charge in [-0.1, -0.05) is 24.2 Å². The van der Waals surface area contributed by atoms with E-state index in [1.165, 1.54) is 0 Å². The molecule has 1 aliphatic heterocycles. The summed E-state index contributed by atoms with van der Waals surface area (Å²) in [5.74, 6) is 2.30. The van der Waals surface area contributed by atoms with Crippen molar-refractivity contribution in [1.82, 2.24) is 25.0 Å². The lowest BCUT2D eigenvalue weighted by Crippen LogP contribution is -2.29. The maximum atomic E-state index is 12.9. The Morgan fingerprint density at radius 1 is 1.21 bits per heavy atom. The highest BCUT2D eigenvalue weighted by Crippen LogP contribution is 2.27. The molecule has 0 fully saturated rings. The van der Waals surface area contributed by atoms with Crippen LogP contribution in [0, 0.1) is 6.92 Å². The average molecular weight is 444 g/mol. The standard InChI is InChI=1S/C24H24N6O3/c1-3-10-32-21-12-20-18(13-27-21)14-30(24(20)31)9-8-26-23-19-11-17(22-28-15(2)33-29-22)5-4-16(19)6-7-25-23/h4-7,11-13H,3,8-10,14H2,1-2H3,(H,25,26). The van der Waals surface area contributed by atoms with Crippen molar-refractivity contribution in [3.05, 3.63) is 59.7 Å². The van der Waals surface area contributed by atoms with Gasteiger partial charge in [-0.15, -0.1) is 0 Å². The van der Waals surface area contributed by atoms with E-state index in [2.05, 4.69) is 25.4 Å². The zero-order valence-electron chi connectivity index (χ0n) is 18.5. The van der Waals surface area contributed by atoms with Gasteiger partial charge in [0.25, 0.3) is 5.91 Å². The van der Waals surface area contributed by atoms with Crippen molar-refractivity contribution in [2.24, 2.45) is 0 Å². The summed E-state index contributed by atoms with van der Waals surface area (Å²) in [7, 11) is 0. The summed E-state index contributed by atoms with van der Waals surface area (Å²) in [6.07, 6.45) is 4.39. The van der Waals surface area contributed by atoms with Crippen molar-refractivity contribution in [3.8, 4) is 17.3 Å². The highest BCUT2D eigenvalue weighted by Gasteiger charge is 2.28. The van der Waals surface area contributed by atoms with Crippen molar-refractivity contribution >= 4 is 22.5 Å². The number of fused-ring (bicyclic) bond motifs is 2. The van der Waals surface area contributed by atoms with Crippen molar-refractivity contribution in [2.45, 2.75) is 26.8 Å². The molecule has 0 unspecified atom stereocenters. The van der Waals surface area contributed by atoms with Gasteiger partial charge in [0.05, 0.1) is 12.2 Å². The lowest BCUT2D eigenvalue weighted by molar-refractivity contribution is 0.0784. The first-order valence-electron chi connectivity index (χ1n) is 11.0. The summed E-state index contributed by atoms with van der Waals surface area (Å²) in [6.45, 7) is 6.02. The molecule has 1 amide bonds. The summed E-state index contributed by atoms with van der Waals surface area (Å²) in [5.41, 5.74) is 2.45. The molecule has 1 N–H and O–H groups in total. The zero-order valence-corrected chi connectivity index (χ0v) is 18.5. The molecule has 9 nitrogen and oxygen atoms in total. The Hall–Kier alpha value is -4.01. The number of ether oxygens (including phenoxy) is 1. The van der Waals surface area contributed by atoms with Crippen molar-refractivity contribution in [1.29, 1.82) is 0 Å². The van der Waals surface area contributed by atoms with Crippen molar-refractivity contribution in [3.63, 3.8) is 0 Å². The first-order valence-corrected chi connectivity index (χ1v) is 11.0. The predicted molar refractivity (Wildman–Crippen MR) is 123 cm³/mol. The number of carbonyl (C=O) groups excluding carboxylic acids is 1. The van der Waals surface area contributed by atoms with Crippen molar-refractivity contribution in [2.75, 3.05) is 25.0 Å². The molecule has 1 aliphatic rings. The van der Waals surface area contributed by atoms with Crippen LogP contribution >= 0.6 is 0 Å². The molecule has 5 rings (SSSR count). The second-order valence-electron chi connectivity index (χ2n) is 7.91. The number of aromatic nitrogens is 4. The number of nitrogens with one attached hydrogen (secondary N) is 1. The van der Waals surface area contributed by atoms with Crippen LogP contribution in [0.5, 0.6) is 5.88 Å². The van der Waals surface area contributed by atoms with Gasteiger partial charge >= 0.3 is 0 Å². The number of hydrogen-bond acceptors (Lipinski definition) is 8. The summed E-state index contributed by atoms with van der Waals surface area (Å²) in [4.78, 5) is 27.8. The SMILES string of the molecule is CCCOc1cc2c(cn1)CN(CCNc1nccc3ccc(-c4noc(C)n4)cc13)C2=O. The van der Waals surface area contributed by atoms with E-state index in [0.717, 1.165) is 34.1 Å². The van der Waals surface area contributed by atoms with E-state index in [1.54, 1.807) is 25.4 Å². The van der Waals surface area contributed by atoms with E-state index in [-0.39, 0.29) is 5.91 Å². The fourth-order valence-electron chi connectivity index (χ4n) is 3.88. The molecule has 3 aromatic heterocycles. The van der Waals surface area contributed by atoms with Crippen LogP contribution in [-0.2, 0) is 6.54 Å². The maximum Gasteiger partial charge on any atom is 0.254 e. The zero-order chi connectivity index (χ0) is 22.8. The molecule has 0 aliphatic carbocycles. The quantitative estimate of drug-likeness (QED) is 0.437. The number of amides is 1. The molecule has 9 heteroatoms. The van der Waals surface area contributed by atoms with Crippen LogP contribution in [0.25, 0.3) is 22.2 Å². The molecule has 168 valence electrons. The Labute approximate surface area is 190 Å². The van der Waals surface area contributed by atoms with Crippen LogP contribution in [-0.4, -0.2) is 50.6 Å². The summed E-state index contributed by atoms with van der Waals surface area (Å²) < 4.78 is 10.7. The smallest absolute Gasteiger partial charge is 0.254 e. The largest absolute Gasteiger partial charge is 0.478 e. The van der Waals surface area contributed by atoms with Crippen molar-refractivity contribution < 1.29 is 14.1 Å². The predicted octanol–water partition coefficient (Wildman–Crippen LogP) is 3.84. The van der Waals surface area contributed by atoms with Crippen LogP contribution in [0.15, 0.2) is 47.2 Å². The van der Waals surface area contributed by atoms with Gasteiger partial charge < -0.3 is 19.5 Å². The van der Waals surface area contributed by atoms with Crippen LogP contribution in [0.2, 0.25) is 0 Å². The molecule has 0 atom stereocenters. The van der Waals surface area contributed by atoms with Crippen LogP contribution in [0.4, 0.5) is 5.82 Å². The van der Waals surface area contributed by atoms with Gasteiger partial charge in [-0.3, -0.25) is 4.79 Å². The highest BCUT2D eigenvalue weighted by molar-refractivity contribution is 5.98. The lowest BCUT2D eigenvalue weighted by atomic mass is 10.1. The fourth-order valence-corrected chi connectivity index (χ4v) is 3.88. The number of anilines is 1. The number of pyridine rings is 2. The topological polar surface area (TPSA) is 106 Å². The Kier molecular flexibility index (Phi) is 5.60. The summed E-state index contributed by atoms with van der Waals surface area (Å²) in [6, 6.07) is 9.67. The van der Waals surface area contributed by atoms with E-state index in [1.807, 2.05) is 36.1 Å². The monoisotopic (exact) mass is 444 g/mol. The summed E-state index contributed by atoms with van der Waals surface area (Å²) >= 11 is 0. The van der Waals surface area contributed by atoms with Crippen LogP contribution in [0.1, 0.15) is 35.2 Å². The van der Waals surface area contributed by atoms with E-state index < -0.39 is 0 Å². The van der Waals surface area contributed by atoms with E-state index >= 15 is 0 Å². The third-order valence-electron chi connectivity index (χ3n) is 5.52. The fraction of sp³-hybridized carbons (Fsp3) is 0.292. The van der Waals surface area contributed by atoms with Gasteiger partial charge in [-0.05, 0) is 23.9 Å². The minimum atomic E-state index is -0.00353. The number of aryl methyl sites for hydroxylation is 1. The Morgan fingerprint density at radius 2 is 2.12 bits per heavy atom. The Morgan fingerprint density at radius 3 is 2.94 bits per heavy atom. The van der Waals surface area contributed by atoms with Gasteiger partial charge in [-0.2, -0.15) is 4.98 Å². The number of carbonyl (C=O) groups is 1. The molecule has 4 heterocycles. The van der Waals surface area contributed by atoms with E-state index in [4.69, 9.17) is 9.26 Å². The molecule has 4 aromatic rings. The molecule has 1 aromatic carbocycles. The van der Waals surface area contributed by atoms with Gasteiger partial charge in [0, 0.05) is 61.5 Å². The maximum absolute atomic E-state index is 12.9. The van der Waals surface area contributed by atoms with E-state index in [0.29, 0.717) is 49.4 Å². The lowest BCUT2D eigenvalue weighted by Gasteiger charge is -2.16. The molecule has 0 saturated heterocycles. The van der Waals surface area contributed by atoms with Gasteiger partial charge in [0.15, 0.2) is 0 Å². The Balaban J connectivity index is 1.28. The molecular weight excluding hydrogens is 420 g/mol. The molecule has 33 heavy (non-hydrogen) atoms. The molecule has 0 radical (unpaired) electrons. The van der Waals surface area contributed by atoms with Crippen LogP contribution in [0.3, 0.4) is 0 Å². The molecule has 0 bridgehead atoms. The summed E-state index contributed by atoms with van der Waals surface area (Å²) in [5, 5.41) is 9.38. The minimum Gasteiger partial charge on any atom is -0.478 e. The second-order valence-corrected chi connectivity index (χ2v) is 7.91. The van der Waals surface area contributed by atoms with Gasteiger partial charge in [0.2, 0.25) is 17.6 Å². The number of rotatable bonds is 8. The van der Waals surface area contributed by atoms with E-state index in [9.17, 15) is 4.79 Å². The number of nitrogens with zero attached hydrogens (tertiary/aromatic N) is 5. The normalized spacial score (nSPS) is 12.9. The molecular formula is C24H24N6O3. The van der Waals surface area contributed by atoms with Crippen LogP contribution < -0.4 is 10.1 Å². The average Bonchev–Trinajstić information content (AvgIpc) is 3.40. The minimum absolute atomic E-state index is 0.00353. The third kappa shape index (κ3) is 4.21. The Bertz CT molecular complexity index is 1320. The number of hydrogen-bond donors (Lipinski definition) is 1. The first kappa shape index (κ1) is 20.9. The first-order chi connectivity index (χ1) is 16.1. The molecule has 0 spiro atoms. The number of benzene rings is 1. The third-order valence-corrected chi connectivity index (χ3v) is 5.52. The highest BCUT2D eigenvalue weighted by atomic mass is 16.5. The van der Waals surface area contributed by atoms with Gasteiger partial charge in [0.1, 0.15) is 5.82 Å². The van der Waals surface area contributed by atoms with Gasteiger partial charge in [-0.25, -0.2) is 9.97 Å². The second kappa shape index (κ2) is 8.85.